The topological polar surface area (TPSA) is 155 Å². The highest BCUT2D eigenvalue weighted by Gasteiger charge is 2.28. The zero-order valence-electron chi connectivity index (χ0n) is 51.5. The van der Waals surface area contributed by atoms with Gasteiger partial charge < -0.3 is 24.2 Å². The summed E-state index contributed by atoms with van der Waals surface area (Å²) in [5.41, 5.74) is 0. The molecular weight excluding hydrogens is 1020 g/mol. The van der Waals surface area contributed by atoms with E-state index in [9.17, 15) is 28.9 Å². The van der Waals surface area contributed by atoms with Crippen LogP contribution in [0.3, 0.4) is 0 Å². The number of carbonyl (C=O) groups excluding carboxylic acids is 3. The Labute approximate surface area is 490 Å². The first-order valence-electron chi connectivity index (χ1n) is 32.8. The van der Waals surface area contributed by atoms with Crippen LogP contribution in [0.15, 0.2) is 72.9 Å². The van der Waals surface area contributed by atoms with Gasteiger partial charge >= 0.3 is 25.7 Å². The van der Waals surface area contributed by atoms with Gasteiger partial charge in [0.15, 0.2) is 6.10 Å². The predicted molar refractivity (Wildman–Crippen MR) is 335 cm³/mol. The lowest BCUT2D eigenvalue weighted by Gasteiger charge is -2.21. The van der Waals surface area contributed by atoms with Crippen molar-refractivity contribution in [3.05, 3.63) is 72.9 Å². The first kappa shape index (κ1) is 76.9. The molecule has 0 saturated heterocycles. The monoisotopic (exact) mass is 1140 g/mol. The summed E-state index contributed by atoms with van der Waals surface area (Å²) in [6.07, 6.45) is 71.3. The Morgan fingerprint density at radius 2 is 0.650 bits per heavy atom. The van der Waals surface area contributed by atoms with Crippen molar-refractivity contribution in [2.75, 3.05) is 26.4 Å². The number of esters is 3. The Kier molecular flexibility index (Phi) is 59.6. The summed E-state index contributed by atoms with van der Waals surface area (Å²) in [6.45, 7) is 4.53. The quantitative estimate of drug-likeness (QED) is 0.0197. The van der Waals surface area contributed by atoms with E-state index in [0.29, 0.717) is 19.3 Å². The van der Waals surface area contributed by atoms with Crippen LogP contribution in [0.5, 0.6) is 0 Å². The predicted octanol–water partition coefficient (Wildman–Crippen LogP) is 20.0. The fourth-order valence-corrected chi connectivity index (χ4v) is 9.89. The molecule has 0 aromatic carbocycles. The molecule has 0 heterocycles. The molecule has 12 heteroatoms. The third-order valence-corrected chi connectivity index (χ3v) is 15.0. The lowest BCUT2D eigenvalue weighted by atomic mass is 10.1. The molecule has 0 amide bonds. The largest absolute Gasteiger partial charge is 0.472 e. The molecule has 80 heavy (non-hydrogen) atoms. The number of phosphoric acid groups is 1. The van der Waals surface area contributed by atoms with Crippen molar-refractivity contribution >= 4 is 25.7 Å². The number of allylic oxidation sites excluding steroid dienone is 12. The highest BCUT2D eigenvalue weighted by Crippen LogP contribution is 2.43. The smallest absolute Gasteiger partial charge is 0.462 e. The summed E-state index contributed by atoms with van der Waals surface area (Å²) in [5.74, 6) is -1.47. The second kappa shape index (κ2) is 62.0. The van der Waals surface area contributed by atoms with Crippen LogP contribution in [0.2, 0.25) is 0 Å². The molecule has 3 atom stereocenters. The van der Waals surface area contributed by atoms with Gasteiger partial charge in [-0.3, -0.25) is 23.4 Å². The van der Waals surface area contributed by atoms with Crippen LogP contribution >= 0.6 is 7.82 Å². The van der Waals surface area contributed by atoms with E-state index in [4.69, 9.17) is 23.3 Å². The van der Waals surface area contributed by atoms with Gasteiger partial charge in [-0.05, 0) is 109 Å². The molecule has 0 aromatic heterocycles. The second-order valence-electron chi connectivity index (χ2n) is 21.9. The molecule has 0 radical (unpaired) electrons. The number of rotatable bonds is 61. The molecule has 3 unspecified atom stereocenters. The maximum absolute atomic E-state index is 13.0. The third-order valence-electron chi connectivity index (χ3n) is 14.1. The van der Waals surface area contributed by atoms with Crippen molar-refractivity contribution in [2.24, 2.45) is 0 Å². The summed E-state index contributed by atoms with van der Waals surface area (Å²) < 4.78 is 39.7. The molecule has 0 aliphatic carbocycles. The van der Waals surface area contributed by atoms with Crippen molar-refractivity contribution in [3.8, 4) is 0 Å². The number of aliphatic hydroxyl groups excluding tert-OH is 1. The van der Waals surface area contributed by atoms with Gasteiger partial charge in [-0.25, -0.2) is 4.57 Å². The van der Waals surface area contributed by atoms with Gasteiger partial charge in [0.1, 0.15) is 12.7 Å². The SMILES string of the molecule is CC/C=C\C/C=C\C/C=C\CCCCCCCCCC(=O)OC(COC(=O)CCCCCCCCCCC/C=C\CCCCCCCC)COP(=O)(O)OCC(CO)OC(=O)CCCCCCCCC/C=C\C/C=C\CCCCC. The van der Waals surface area contributed by atoms with E-state index < -0.39 is 57.8 Å². The number of carbonyl (C=O) groups is 3. The van der Waals surface area contributed by atoms with Crippen LogP contribution in [0.4, 0.5) is 0 Å². The molecule has 464 valence electrons. The summed E-state index contributed by atoms with van der Waals surface area (Å²) in [5, 5.41) is 9.86. The maximum atomic E-state index is 13.0. The van der Waals surface area contributed by atoms with Crippen molar-refractivity contribution < 1.29 is 52.2 Å². The standard InChI is InChI=1S/C68H121O11P/c1-4-7-10-13-16-19-22-25-28-31-32-35-36-39-42-45-48-51-54-57-66(70)75-61-65(79-68(72)59-56-53-50-47-44-41-38-34-30-27-24-21-18-15-12-9-6-3)63-77-80(73,74)76-62-64(60-69)78-67(71)58-55-52-49-46-43-40-37-33-29-26-23-20-17-14-11-8-5-2/h9,12,17-18,20-21,25-30,64-65,69H,4-8,10-11,13-16,19,22-24,31-63H2,1-3H3,(H,73,74)/b12-9-,20-17-,21-18-,28-25-,29-26-,30-27-. The number of hydrogen-bond donors (Lipinski definition) is 2. The number of phosphoric ester groups is 1. The van der Waals surface area contributed by atoms with E-state index >= 15 is 0 Å². The average molecular weight is 1150 g/mol. The molecule has 0 aromatic rings. The lowest BCUT2D eigenvalue weighted by Crippen LogP contribution is -2.30. The van der Waals surface area contributed by atoms with Crippen LogP contribution in [0.1, 0.15) is 303 Å². The van der Waals surface area contributed by atoms with Gasteiger partial charge in [-0.1, -0.05) is 248 Å². The Hall–Kier alpha value is -3.08. The molecule has 0 saturated carbocycles. The van der Waals surface area contributed by atoms with Crippen molar-refractivity contribution in [2.45, 2.75) is 315 Å². The van der Waals surface area contributed by atoms with E-state index in [2.05, 4.69) is 93.7 Å². The Morgan fingerprint density at radius 3 is 1.04 bits per heavy atom. The third kappa shape index (κ3) is 59.5. The molecule has 0 aliphatic rings. The van der Waals surface area contributed by atoms with Gasteiger partial charge in [-0.2, -0.15) is 0 Å². The van der Waals surface area contributed by atoms with Gasteiger partial charge in [-0.15, -0.1) is 0 Å². The normalized spacial score (nSPS) is 13.7. The molecular formula is C68H121O11P. The Morgan fingerprint density at radius 1 is 0.362 bits per heavy atom. The van der Waals surface area contributed by atoms with Gasteiger partial charge in [0.25, 0.3) is 0 Å². The number of aliphatic hydroxyl groups is 1. The minimum absolute atomic E-state index is 0.155. The first-order chi connectivity index (χ1) is 39.2. The summed E-state index contributed by atoms with van der Waals surface area (Å²) in [7, 11) is -4.76. The molecule has 11 nitrogen and oxygen atoms in total. The van der Waals surface area contributed by atoms with Crippen LogP contribution in [-0.2, 0) is 42.2 Å². The van der Waals surface area contributed by atoms with E-state index in [1.165, 1.54) is 128 Å². The minimum atomic E-state index is -4.76. The molecule has 2 N–H and O–H groups in total. The summed E-state index contributed by atoms with van der Waals surface area (Å²) in [4.78, 5) is 48.8. The second-order valence-corrected chi connectivity index (χ2v) is 23.3. The summed E-state index contributed by atoms with van der Waals surface area (Å²) in [6, 6.07) is 0. The van der Waals surface area contributed by atoms with E-state index in [1.54, 1.807) is 0 Å². The van der Waals surface area contributed by atoms with E-state index in [-0.39, 0.29) is 25.9 Å². The fourth-order valence-electron chi connectivity index (χ4n) is 9.10. The first-order valence-corrected chi connectivity index (χ1v) is 34.3. The average Bonchev–Trinajstić information content (AvgIpc) is 3.45. The number of unbranched alkanes of at least 4 members (excludes halogenated alkanes) is 32. The molecule has 0 bridgehead atoms. The van der Waals surface area contributed by atoms with Crippen molar-refractivity contribution in [1.29, 1.82) is 0 Å². The van der Waals surface area contributed by atoms with Gasteiger partial charge in [0.2, 0.25) is 0 Å². The van der Waals surface area contributed by atoms with E-state index in [0.717, 1.165) is 116 Å². The van der Waals surface area contributed by atoms with Crippen LogP contribution in [0, 0.1) is 0 Å². The van der Waals surface area contributed by atoms with Crippen LogP contribution in [-0.4, -0.2) is 66.5 Å². The number of hydrogen-bond acceptors (Lipinski definition) is 10. The molecule has 0 rings (SSSR count). The van der Waals surface area contributed by atoms with Crippen molar-refractivity contribution in [3.63, 3.8) is 0 Å². The van der Waals surface area contributed by atoms with Gasteiger partial charge in [0.05, 0.1) is 19.8 Å². The zero-order valence-corrected chi connectivity index (χ0v) is 52.4. The lowest BCUT2D eigenvalue weighted by molar-refractivity contribution is -0.161. The minimum Gasteiger partial charge on any atom is -0.462 e. The maximum Gasteiger partial charge on any atom is 0.472 e. The molecule has 0 fully saturated rings. The Balaban J connectivity index is 4.70. The summed E-state index contributed by atoms with van der Waals surface area (Å²) >= 11 is 0. The highest BCUT2D eigenvalue weighted by molar-refractivity contribution is 7.47. The van der Waals surface area contributed by atoms with Crippen molar-refractivity contribution in [1.82, 2.24) is 0 Å². The molecule has 0 spiro atoms. The highest BCUT2D eigenvalue weighted by atomic mass is 31.2. The number of ether oxygens (including phenoxy) is 3. The van der Waals surface area contributed by atoms with Gasteiger partial charge in [0, 0.05) is 19.3 Å². The Bertz CT molecular complexity index is 1620. The zero-order chi connectivity index (χ0) is 58.3. The van der Waals surface area contributed by atoms with Crippen LogP contribution in [0.25, 0.3) is 0 Å². The fraction of sp³-hybridized carbons (Fsp3) is 0.779. The molecule has 0 aliphatic heterocycles. The van der Waals surface area contributed by atoms with E-state index in [1.807, 2.05) is 0 Å². The van der Waals surface area contributed by atoms with Crippen LogP contribution < -0.4 is 0 Å².